The Kier molecular flexibility index (Phi) is 16.0. The van der Waals surface area contributed by atoms with Crippen molar-refractivity contribution in [1.29, 1.82) is 0 Å². The van der Waals surface area contributed by atoms with E-state index in [9.17, 15) is 9.59 Å². The van der Waals surface area contributed by atoms with Gasteiger partial charge in [-0.05, 0) is 48.0 Å². The molecule has 0 aliphatic heterocycles. The number of rotatable bonds is 17. The summed E-state index contributed by atoms with van der Waals surface area (Å²) in [7, 11) is 0. The molecule has 0 heterocycles. The van der Waals surface area contributed by atoms with E-state index in [0.717, 1.165) is 19.3 Å². The summed E-state index contributed by atoms with van der Waals surface area (Å²) in [6.45, 7) is 13.2. The lowest BCUT2D eigenvalue weighted by atomic mass is 9.99. The van der Waals surface area contributed by atoms with Gasteiger partial charge >= 0.3 is 11.9 Å². The monoisotopic (exact) mass is 440 g/mol. The third-order valence-corrected chi connectivity index (χ3v) is 5.23. The number of carbonyl (C=O) groups excluding carboxylic acids is 2. The lowest BCUT2D eigenvalue weighted by molar-refractivity contribution is -0.174. The quantitative estimate of drug-likeness (QED) is 0.130. The number of carbonyl (C=O) groups is 2. The van der Waals surface area contributed by atoms with Gasteiger partial charge in [0.05, 0.1) is 0 Å². The van der Waals surface area contributed by atoms with Crippen LogP contribution in [0.5, 0.6) is 0 Å². The van der Waals surface area contributed by atoms with Crippen LogP contribution >= 0.6 is 0 Å². The van der Waals surface area contributed by atoms with E-state index in [4.69, 9.17) is 9.47 Å². The molecule has 0 rings (SSSR count). The average Bonchev–Trinajstić information content (AvgIpc) is 2.61. The highest BCUT2D eigenvalue weighted by atomic mass is 16.6. The van der Waals surface area contributed by atoms with Gasteiger partial charge in [-0.25, -0.2) is 0 Å². The molecule has 0 bridgehead atoms. The van der Waals surface area contributed by atoms with Gasteiger partial charge in [-0.15, -0.1) is 0 Å². The molecular weight excluding hydrogens is 388 g/mol. The normalized spacial score (nSPS) is 12.3. The second-order valence-electron chi connectivity index (χ2n) is 11.0. The van der Waals surface area contributed by atoms with Crippen molar-refractivity contribution in [2.75, 3.05) is 0 Å². The van der Waals surface area contributed by atoms with Crippen LogP contribution in [0.3, 0.4) is 0 Å². The van der Waals surface area contributed by atoms with E-state index >= 15 is 0 Å². The van der Waals surface area contributed by atoms with Gasteiger partial charge < -0.3 is 9.47 Å². The largest absolute Gasteiger partial charge is 0.459 e. The standard InChI is InChI=1S/C27H52O4/c1-8-9-10-11-12-13-14-15-16-17-18-19-20-21-22-23(24(28)30-26(2,3)4)25(29)31-27(5,6)7/h23H,8-22H2,1-7H3. The highest BCUT2D eigenvalue weighted by molar-refractivity contribution is 5.95. The van der Waals surface area contributed by atoms with Gasteiger partial charge in [0, 0.05) is 0 Å². The highest BCUT2D eigenvalue weighted by Crippen LogP contribution is 2.21. The van der Waals surface area contributed by atoms with Crippen molar-refractivity contribution in [3.8, 4) is 0 Å². The van der Waals surface area contributed by atoms with Crippen molar-refractivity contribution >= 4 is 11.9 Å². The van der Waals surface area contributed by atoms with Crippen LogP contribution in [0, 0.1) is 5.92 Å². The molecule has 4 heteroatoms. The SMILES string of the molecule is CCCCCCCCCCCCCCCCC(C(=O)OC(C)(C)C)C(=O)OC(C)(C)C. The Hall–Kier alpha value is -1.06. The first-order valence-corrected chi connectivity index (χ1v) is 12.9. The highest BCUT2D eigenvalue weighted by Gasteiger charge is 2.34. The van der Waals surface area contributed by atoms with Gasteiger partial charge in [0.25, 0.3) is 0 Å². The third-order valence-electron chi connectivity index (χ3n) is 5.23. The molecule has 0 aromatic heterocycles. The third kappa shape index (κ3) is 19.4. The number of hydrogen-bond acceptors (Lipinski definition) is 4. The predicted octanol–water partition coefficient (Wildman–Crippen LogP) is 8.16. The van der Waals surface area contributed by atoms with Crippen LogP contribution in [0.1, 0.15) is 145 Å². The molecule has 0 N–H and O–H groups in total. The van der Waals surface area contributed by atoms with Crippen LogP contribution in [0.25, 0.3) is 0 Å². The lowest BCUT2D eigenvalue weighted by Crippen LogP contribution is -2.36. The van der Waals surface area contributed by atoms with E-state index in [1.54, 1.807) is 0 Å². The predicted molar refractivity (Wildman–Crippen MR) is 130 cm³/mol. The summed E-state index contributed by atoms with van der Waals surface area (Å²) < 4.78 is 10.9. The minimum Gasteiger partial charge on any atom is -0.459 e. The van der Waals surface area contributed by atoms with Gasteiger partial charge in [0.1, 0.15) is 11.2 Å². The molecular formula is C27H52O4. The molecule has 0 aromatic carbocycles. The summed E-state index contributed by atoms with van der Waals surface area (Å²) >= 11 is 0. The fourth-order valence-electron chi connectivity index (χ4n) is 3.62. The van der Waals surface area contributed by atoms with Crippen molar-refractivity contribution in [2.24, 2.45) is 5.92 Å². The smallest absolute Gasteiger partial charge is 0.320 e. The fourth-order valence-corrected chi connectivity index (χ4v) is 3.62. The Bertz CT molecular complexity index is 443. The second-order valence-corrected chi connectivity index (χ2v) is 11.0. The van der Waals surface area contributed by atoms with Gasteiger partial charge in [0.2, 0.25) is 0 Å². The van der Waals surface area contributed by atoms with Crippen LogP contribution in [0.15, 0.2) is 0 Å². The molecule has 0 atom stereocenters. The first-order valence-electron chi connectivity index (χ1n) is 12.9. The summed E-state index contributed by atoms with van der Waals surface area (Å²) in [5, 5.41) is 0. The molecule has 0 spiro atoms. The van der Waals surface area contributed by atoms with E-state index in [1.165, 1.54) is 70.6 Å². The van der Waals surface area contributed by atoms with Gasteiger partial charge in [-0.3, -0.25) is 9.59 Å². The van der Waals surface area contributed by atoms with Gasteiger partial charge in [-0.1, -0.05) is 96.8 Å². The van der Waals surface area contributed by atoms with Crippen molar-refractivity contribution in [1.82, 2.24) is 0 Å². The first-order chi connectivity index (χ1) is 14.5. The molecule has 0 fully saturated rings. The molecule has 184 valence electrons. The zero-order valence-electron chi connectivity index (χ0n) is 21.8. The summed E-state index contributed by atoms with van der Waals surface area (Å²) in [6, 6.07) is 0. The average molecular weight is 441 g/mol. The number of ether oxygens (including phenoxy) is 2. The molecule has 0 aliphatic carbocycles. The molecule has 0 saturated heterocycles. The Morgan fingerprint density at radius 1 is 0.548 bits per heavy atom. The number of hydrogen-bond donors (Lipinski definition) is 0. The molecule has 4 nitrogen and oxygen atoms in total. The number of esters is 2. The Labute approximate surface area is 193 Å². The molecule has 0 unspecified atom stereocenters. The van der Waals surface area contributed by atoms with Crippen molar-refractivity contribution < 1.29 is 19.1 Å². The molecule has 0 amide bonds. The lowest BCUT2D eigenvalue weighted by Gasteiger charge is -2.26. The minimum absolute atomic E-state index is 0.462. The van der Waals surface area contributed by atoms with Crippen LogP contribution in [0.4, 0.5) is 0 Å². The molecule has 0 aromatic rings. The van der Waals surface area contributed by atoms with Crippen LogP contribution < -0.4 is 0 Å². The first kappa shape index (κ1) is 29.9. The van der Waals surface area contributed by atoms with Crippen molar-refractivity contribution in [3.05, 3.63) is 0 Å². The molecule has 31 heavy (non-hydrogen) atoms. The maximum absolute atomic E-state index is 12.5. The molecule has 0 saturated carbocycles. The van der Waals surface area contributed by atoms with Crippen molar-refractivity contribution in [3.63, 3.8) is 0 Å². The van der Waals surface area contributed by atoms with E-state index in [2.05, 4.69) is 6.92 Å². The molecule has 0 radical (unpaired) electrons. The van der Waals surface area contributed by atoms with E-state index in [1.807, 2.05) is 41.5 Å². The summed E-state index contributed by atoms with van der Waals surface area (Å²) in [5.41, 5.74) is -1.21. The Morgan fingerprint density at radius 3 is 1.13 bits per heavy atom. The fraction of sp³-hybridized carbons (Fsp3) is 0.926. The maximum Gasteiger partial charge on any atom is 0.320 e. The zero-order chi connectivity index (χ0) is 23.8. The van der Waals surface area contributed by atoms with Crippen molar-refractivity contribution in [2.45, 2.75) is 156 Å². The van der Waals surface area contributed by atoms with Gasteiger partial charge in [0.15, 0.2) is 5.92 Å². The topological polar surface area (TPSA) is 52.6 Å². The zero-order valence-corrected chi connectivity index (χ0v) is 21.8. The van der Waals surface area contributed by atoms with Crippen LogP contribution in [0.2, 0.25) is 0 Å². The van der Waals surface area contributed by atoms with E-state index in [0.29, 0.717) is 6.42 Å². The van der Waals surface area contributed by atoms with Gasteiger partial charge in [-0.2, -0.15) is 0 Å². The Balaban J connectivity index is 4.02. The van der Waals surface area contributed by atoms with Crippen LogP contribution in [-0.4, -0.2) is 23.1 Å². The van der Waals surface area contributed by atoms with Crippen LogP contribution in [-0.2, 0) is 19.1 Å². The summed E-state index contributed by atoms with van der Waals surface area (Å²) in [6.07, 6.45) is 18.4. The maximum atomic E-state index is 12.5. The Morgan fingerprint density at radius 2 is 0.839 bits per heavy atom. The van der Waals surface area contributed by atoms with E-state index < -0.39 is 29.1 Å². The molecule has 0 aliphatic rings. The summed E-state index contributed by atoms with van der Waals surface area (Å²) in [5.74, 6) is -1.75. The van der Waals surface area contributed by atoms with E-state index in [-0.39, 0.29) is 0 Å². The second kappa shape index (κ2) is 16.6. The summed E-state index contributed by atoms with van der Waals surface area (Å²) in [4.78, 5) is 25.1. The number of unbranched alkanes of at least 4 members (excludes halogenated alkanes) is 13. The minimum atomic E-state index is -0.823.